The van der Waals surface area contributed by atoms with Gasteiger partial charge < -0.3 is 0 Å². The number of nitrogens with zero attached hydrogens (tertiary/aromatic N) is 2. The second-order valence-corrected chi connectivity index (χ2v) is 4.42. The highest BCUT2D eigenvalue weighted by Gasteiger charge is 2.32. The molecule has 0 radical (unpaired) electrons. The first-order chi connectivity index (χ1) is 10.6. The summed E-state index contributed by atoms with van der Waals surface area (Å²) >= 11 is 0. The molecule has 0 spiro atoms. The first kappa shape index (κ1) is 13.6. The van der Waals surface area contributed by atoms with Gasteiger partial charge in [0.25, 0.3) is 23.6 Å². The third-order valence-electron chi connectivity index (χ3n) is 2.96. The van der Waals surface area contributed by atoms with Gasteiger partial charge in [0.2, 0.25) is 0 Å². The highest BCUT2D eigenvalue weighted by Crippen LogP contribution is 2.25. The zero-order valence-electron chi connectivity index (χ0n) is 11.0. The van der Waals surface area contributed by atoms with Crippen molar-refractivity contribution in [3.05, 3.63) is 53.4 Å². The Morgan fingerprint density at radius 1 is 0.773 bits per heavy atom. The fourth-order valence-corrected chi connectivity index (χ4v) is 1.99. The average Bonchev–Trinajstić information content (AvgIpc) is 2.96. The van der Waals surface area contributed by atoms with Crippen LogP contribution < -0.4 is 10.6 Å². The summed E-state index contributed by atoms with van der Waals surface area (Å²) < 4.78 is 0. The van der Waals surface area contributed by atoms with Gasteiger partial charge in [0.15, 0.2) is 11.4 Å². The molecular formula is C14H8N4O4. The molecule has 8 nitrogen and oxygen atoms in total. The summed E-state index contributed by atoms with van der Waals surface area (Å²) in [7, 11) is 0. The Bertz CT molecular complexity index is 805. The summed E-state index contributed by atoms with van der Waals surface area (Å²) in [5.41, 5.74) is 0.140. The quantitative estimate of drug-likeness (QED) is 0.605. The Balaban J connectivity index is 2.02. The molecule has 2 N–H and O–H groups in total. The molecule has 0 saturated carbocycles. The number of hydrogen-bond acceptors (Lipinski definition) is 6. The highest BCUT2D eigenvalue weighted by atomic mass is 16.2. The van der Waals surface area contributed by atoms with E-state index in [1.54, 1.807) is 30.3 Å². The standard InChI is InChI=1S/C14H8N4O4/c19-9-6-8(12(20)15-9)17-18-11-10(13(21)16-14(11)22)7-4-2-1-3-5-7/h1-6H,(H,15,19,20)(H,16,21,22). The summed E-state index contributed by atoms with van der Waals surface area (Å²) in [5, 5.41) is 11.4. The molecule has 0 fully saturated rings. The number of azo groups is 1. The van der Waals surface area contributed by atoms with Crippen LogP contribution in [0.25, 0.3) is 5.57 Å². The van der Waals surface area contributed by atoms with Gasteiger partial charge in [-0.05, 0) is 5.56 Å². The van der Waals surface area contributed by atoms with Gasteiger partial charge in [-0.15, -0.1) is 10.2 Å². The van der Waals surface area contributed by atoms with Crippen LogP contribution >= 0.6 is 0 Å². The molecule has 1 aromatic carbocycles. The van der Waals surface area contributed by atoms with Crippen molar-refractivity contribution in [3.8, 4) is 0 Å². The van der Waals surface area contributed by atoms with E-state index in [0.717, 1.165) is 6.08 Å². The van der Waals surface area contributed by atoms with Crippen molar-refractivity contribution < 1.29 is 19.2 Å². The van der Waals surface area contributed by atoms with Gasteiger partial charge in [-0.1, -0.05) is 30.3 Å². The fourth-order valence-electron chi connectivity index (χ4n) is 1.99. The zero-order chi connectivity index (χ0) is 15.7. The molecule has 22 heavy (non-hydrogen) atoms. The number of imide groups is 2. The smallest absolute Gasteiger partial charge is 0.279 e. The Kier molecular flexibility index (Phi) is 3.18. The number of rotatable bonds is 3. The van der Waals surface area contributed by atoms with Crippen molar-refractivity contribution in [2.45, 2.75) is 0 Å². The van der Waals surface area contributed by atoms with Gasteiger partial charge >= 0.3 is 0 Å². The summed E-state index contributed by atoms with van der Waals surface area (Å²) in [6.07, 6.45) is 0.962. The molecule has 0 aromatic heterocycles. The van der Waals surface area contributed by atoms with E-state index in [4.69, 9.17) is 0 Å². The van der Waals surface area contributed by atoms with Crippen LogP contribution in [0.15, 0.2) is 58.0 Å². The molecule has 0 bridgehead atoms. The third-order valence-corrected chi connectivity index (χ3v) is 2.96. The zero-order valence-corrected chi connectivity index (χ0v) is 11.0. The van der Waals surface area contributed by atoms with E-state index in [-0.39, 0.29) is 17.0 Å². The molecule has 0 saturated heterocycles. The first-order valence-electron chi connectivity index (χ1n) is 6.20. The van der Waals surface area contributed by atoms with E-state index in [9.17, 15) is 19.2 Å². The molecule has 3 rings (SSSR count). The predicted octanol–water partition coefficient (Wildman–Crippen LogP) is 0.0466. The largest absolute Gasteiger partial charge is 0.287 e. The summed E-state index contributed by atoms with van der Waals surface area (Å²) in [5.74, 6) is -2.62. The summed E-state index contributed by atoms with van der Waals surface area (Å²) in [6, 6.07) is 8.47. The van der Waals surface area contributed by atoms with Gasteiger partial charge in [-0.25, -0.2) is 0 Å². The maximum atomic E-state index is 11.9. The van der Waals surface area contributed by atoms with Gasteiger partial charge in [-0.3, -0.25) is 29.8 Å². The third kappa shape index (κ3) is 2.33. The normalized spacial score (nSPS) is 18.1. The van der Waals surface area contributed by atoms with E-state index in [2.05, 4.69) is 15.5 Å². The highest BCUT2D eigenvalue weighted by molar-refractivity contribution is 6.35. The van der Waals surface area contributed by atoms with Crippen LogP contribution in [-0.4, -0.2) is 23.6 Å². The Morgan fingerprint density at radius 3 is 2.14 bits per heavy atom. The minimum Gasteiger partial charge on any atom is -0.287 e. The molecule has 2 aliphatic rings. The van der Waals surface area contributed by atoms with Crippen LogP contribution in [0.1, 0.15) is 5.56 Å². The van der Waals surface area contributed by atoms with Gasteiger partial charge in [0, 0.05) is 6.08 Å². The van der Waals surface area contributed by atoms with Gasteiger partial charge in [0.05, 0.1) is 5.57 Å². The lowest BCUT2D eigenvalue weighted by atomic mass is 10.1. The monoisotopic (exact) mass is 296 g/mol. The van der Waals surface area contributed by atoms with Crippen molar-refractivity contribution >= 4 is 29.2 Å². The number of nitrogens with one attached hydrogen (secondary N) is 2. The van der Waals surface area contributed by atoms with E-state index < -0.39 is 23.6 Å². The molecule has 4 amide bonds. The van der Waals surface area contributed by atoms with E-state index in [1.165, 1.54) is 0 Å². The van der Waals surface area contributed by atoms with Crippen LogP contribution in [-0.2, 0) is 19.2 Å². The van der Waals surface area contributed by atoms with Crippen LogP contribution in [0.5, 0.6) is 0 Å². The molecule has 0 unspecified atom stereocenters. The second-order valence-electron chi connectivity index (χ2n) is 4.42. The fraction of sp³-hybridized carbons (Fsp3) is 0. The lowest BCUT2D eigenvalue weighted by Crippen LogP contribution is -2.22. The van der Waals surface area contributed by atoms with Crippen LogP contribution in [0.3, 0.4) is 0 Å². The minimum absolute atomic E-state index is 0.0691. The van der Waals surface area contributed by atoms with E-state index >= 15 is 0 Å². The Morgan fingerprint density at radius 2 is 1.50 bits per heavy atom. The molecule has 108 valence electrons. The molecule has 2 aliphatic heterocycles. The number of benzene rings is 1. The van der Waals surface area contributed by atoms with Crippen molar-refractivity contribution in [1.29, 1.82) is 0 Å². The van der Waals surface area contributed by atoms with Crippen LogP contribution in [0.4, 0.5) is 0 Å². The Labute approximate surface area is 123 Å². The number of amides is 4. The van der Waals surface area contributed by atoms with Gasteiger partial charge in [0.1, 0.15) is 0 Å². The second kappa shape index (κ2) is 5.17. The average molecular weight is 296 g/mol. The maximum absolute atomic E-state index is 11.9. The van der Waals surface area contributed by atoms with E-state index in [0.29, 0.717) is 5.56 Å². The summed E-state index contributed by atoms with van der Waals surface area (Å²) in [6.45, 7) is 0. The first-order valence-corrected chi connectivity index (χ1v) is 6.20. The molecule has 0 atom stereocenters. The van der Waals surface area contributed by atoms with Crippen molar-refractivity contribution in [2.24, 2.45) is 10.2 Å². The van der Waals surface area contributed by atoms with Crippen molar-refractivity contribution in [2.75, 3.05) is 0 Å². The minimum atomic E-state index is -0.710. The van der Waals surface area contributed by atoms with Crippen molar-refractivity contribution in [1.82, 2.24) is 10.6 Å². The SMILES string of the molecule is O=C1C=C(N=NC2=C(c3ccccc3)C(=O)NC2=O)C(=O)N1. The molecule has 2 heterocycles. The van der Waals surface area contributed by atoms with E-state index in [1.807, 2.05) is 5.32 Å². The lowest BCUT2D eigenvalue weighted by molar-refractivity contribution is -0.125. The molecular weight excluding hydrogens is 288 g/mol. The molecule has 1 aromatic rings. The number of carbonyl (C=O) groups excluding carboxylic acids is 4. The lowest BCUT2D eigenvalue weighted by Gasteiger charge is -1.99. The van der Waals surface area contributed by atoms with Crippen LogP contribution in [0.2, 0.25) is 0 Å². The van der Waals surface area contributed by atoms with Crippen LogP contribution in [0, 0.1) is 0 Å². The maximum Gasteiger partial charge on any atom is 0.279 e. The van der Waals surface area contributed by atoms with Gasteiger partial charge in [-0.2, -0.15) is 0 Å². The molecule has 8 heteroatoms. The van der Waals surface area contributed by atoms with Crippen molar-refractivity contribution in [3.63, 3.8) is 0 Å². The predicted molar refractivity (Wildman–Crippen MR) is 72.6 cm³/mol. The molecule has 0 aliphatic carbocycles. The summed E-state index contributed by atoms with van der Waals surface area (Å²) in [4.78, 5) is 46.0. The number of carbonyl (C=O) groups is 4. The Hall–Kier alpha value is -3.42. The number of hydrogen-bond donors (Lipinski definition) is 2. The topological polar surface area (TPSA) is 117 Å².